The van der Waals surface area contributed by atoms with Crippen molar-refractivity contribution in [1.29, 1.82) is 0 Å². The lowest BCUT2D eigenvalue weighted by Gasteiger charge is -2.14. The summed E-state index contributed by atoms with van der Waals surface area (Å²) >= 11 is 0. The zero-order valence-corrected chi connectivity index (χ0v) is 14.8. The second-order valence-electron chi connectivity index (χ2n) is 5.78. The SMILES string of the molecule is COc1cc(OCc2ccccc2)c(OCc2ccccc2)cc1[N+](=O)[O-]. The number of nitro groups is 1. The lowest BCUT2D eigenvalue weighted by molar-refractivity contribution is -0.385. The van der Waals surface area contributed by atoms with E-state index in [9.17, 15) is 10.1 Å². The first-order valence-corrected chi connectivity index (χ1v) is 8.37. The third-order valence-electron chi connectivity index (χ3n) is 3.92. The number of methoxy groups -OCH3 is 1. The molecule has 27 heavy (non-hydrogen) atoms. The molecule has 0 saturated carbocycles. The Morgan fingerprint density at radius 2 is 1.26 bits per heavy atom. The van der Waals surface area contributed by atoms with Crippen LogP contribution in [0.1, 0.15) is 11.1 Å². The van der Waals surface area contributed by atoms with Crippen molar-refractivity contribution in [1.82, 2.24) is 0 Å². The van der Waals surface area contributed by atoms with Crippen LogP contribution in [0.3, 0.4) is 0 Å². The molecule has 3 aromatic rings. The average molecular weight is 365 g/mol. The van der Waals surface area contributed by atoms with Crippen molar-refractivity contribution < 1.29 is 19.1 Å². The zero-order valence-electron chi connectivity index (χ0n) is 14.8. The first-order chi connectivity index (χ1) is 13.2. The van der Waals surface area contributed by atoms with Crippen LogP contribution < -0.4 is 14.2 Å². The second kappa shape index (κ2) is 8.71. The molecular formula is C21H19NO5. The minimum atomic E-state index is -0.505. The van der Waals surface area contributed by atoms with E-state index in [0.29, 0.717) is 18.1 Å². The Bertz CT molecular complexity index is 897. The van der Waals surface area contributed by atoms with Crippen molar-refractivity contribution in [3.05, 3.63) is 94.0 Å². The molecule has 0 radical (unpaired) electrons. The largest absolute Gasteiger partial charge is 0.490 e. The third-order valence-corrected chi connectivity index (χ3v) is 3.92. The van der Waals surface area contributed by atoms with Crippen LogP contribution in [0, 0.1) is 10.1 Å². The van der Waals surface area contributed by atoms with Crippen molar-refractivity contribution in [2.24, 2.45) is 0 Å². The normalized spacial score (nSPS) is 10.3. The zero-order chi connectivity index (χ0) is 19.1. The highest BCUT2D eigenvalue weighted by molar-refractivity contribution is 5.58. The van der Waals surface area contributed by atoms with Gasteiger partial charge in [-0.15, -0.1) is 0 Å². The Balaban J connectivity index is 1.87. The van der Waals surface area contributed by atoms with Crippen molar-refractivity contribution in [2.45, 2.75) is 13.2 Å². The molecule has 0 unspecified atom stereocenters. The molecule has 0 aliphatic rings. The summed E-state index contributed by atoms with van der Waals surface area (Å²) in [5.41, 5.74) is 1.75. The fraction of sp³-hybridized carbons (Fsp3) is 0.143. The maximum atomic E-state index is 11.3. The van der Waals surface area contributed by atoms with Gasteiger partial charge in [0.05, 0.1) is 18.1 Å². The van der Waals surface area contributed by atoms with Crippen molar-refractivity contribution in [3.63, 3.8) is 0 Å². The van der Waals surface area contributed by atoms with Crippen LogP contribution in [-0.4, -0.2) is 12.0 Å². The highest BCUT2D eigenvalue weighted by atomic mass is 16.6. The van der Waals surface area contributed by atoms with Gasteiger partial charge in [0.1, 0.15) is 13.2 Å². The molecule has 0 heterocycles. The Kier molecular flexibility index (Phi) is 5.89. The number of nitro benzene ring substituents is 1. The minimum Gasteiger partial charge on any atom is -0.490 e. The Labute approximate surface area is 157 Å². The molecular weight excluding hydrogens is 346 g/mol. The summed E-state index contributed by atoms with van der Waals surface area (Å²) < 4.78 is 16.8. The molecule has 0 N–H and O–H groups in total. The third kappa shape index (κ3) is 4.76. The molecule has 0 aromatic heterocycles. The summed E-state index contributed by atoms with van der Waals surface area (Å²) in [7, 11) is 1.38. The number of benzene rings is 3. The molecule has 0 atom stereocenters. The molecule has 0 bridgehead atoms. The van der Waals surface area contributed by atoms with Gasteiger partial charge in [-0.1, -0.05) is 60.7 Å². The van der Waals surface area contributed by atoms with Gasteiger partial charge < -0.3 is 14.2 Å². The molecule has 3 rings (SSSR count). The van der Waals surface area contributed by atoms with Crippen molar-refractivity contribution in [2.75, 3.05) is 7.11 Å². The minimum absolute atomic E-state index is 0.120. The molecule has 0 aliphatic carbocycles. The van der Waals surface area contributed by atoms with Gasteiger partial charge in [0, 0.05) is 6.07 Å². The maximum Gasteiger partial charge on any atom is 0.314 e. The van der Waals surface area contributed by atoms with Crippen LogP contribution >= 0.6 is 0 Å². The number of hydrogen-bond donors (Lipinski definition) is 0. The predicted octanol–water partition coefficient (Wildman–Crippen LogP) is 4.76. The second-order valence-corrected chi connectivity index (χ2v) is 5.78. The van der Waals surface area contributed by atoms with Crippen LogP contribution in [0.4, 0.5) is 5.69 Å². The van der Waals surface area contributed by atoms with E-state index in [-0.39, 0.29) is 18.0 Å². The van der Waals surface area contributed by atoms with Crippen LogP contribution in [-0.2, 0) is 13.2 Å². The molecule has 0 fully saturated rings. The van der Waals surface area contributed by atoms with Gasteiger partial charge in [-0.2, -0.15) is 0 Å². The molecule has 6 nitrogen and oxygen atoms in total. The van der Waals surface area contributed by atoms with E-state index in [0.717, 1.165) is 11.1 Å². The standard InChI is InChI=1S/C21H19NO5/c1-25-19-13-21(27-15-17-10-6-3-7-11-17)20(12-18(19)22(23)24)26-14-16-8-4-2-5-9-16/h2-13H,14-15H2,1H3. The summed E-state index contributed by atoms with van der Waals surface area (Å²) in [4.78, 5) is 10.8. The molecule has 3 aromatic carbocycles. The summed E-state index contributed by atoms with van der Waals surface area (Å²) in [6.45, 7) is 0.579. The van der Waals surface area contributed by atoms with E-state index < -0.39 is 4.92 Å². The van der Waals surface area contributed by atoms with Crippen LogP contribution in [0.25, 0.3) is 0 Å². The topological polar surface area (TPSA) is 70.8 Å². The molecule has 0 aliphatic heterocycles. The molecule has 6 heteroatoms. The number of nitrogens with zero attached hydrogens (tertiary/aromatic N) is 1. The maximum absolute atomic E-state index is 11.3. The van der Waals surface area contributed by atoms with Crippen molar-refractivity contribution >= 4 is 5.69 Å². The lowest BCUT2D eigenvalue weighted by atomic mass is 10.2. The average Bonchev–Trinajstić information content (AvgIpc) is 2.72. The van der Waals surface area contributed by atoms with Crippen molar-refractivity contribution in [3.8, 4) is 17.2 Å². The predicted molar refractivity (Wildman–Crippen MR) is 101 cm³/mol. The van der Waals surface area contributed by atoms with E-state index in [4.69, 9.17) is 14.2 Å². The first kappa shape index (κ1) is 18.3. The number of ether oxygens (including phenoxy) is 3. The summed E-state index contributed by atoms with van der Waals surface area (Å²) in [5.74, 6) is 0.801. The number of hydrogen-bond acceptors (Lipinski definition) is 5. The first-order valence-electron chi connectivity index (χ1n) is 8.37. The summed E-state index contributed by atoms with van der Waals surface area (Å²) in [6.07, 6.45) is 0. The smallest absolute Gasteiger partial charge is 0.314 e. The summed E-state index contributed by atoms with van der Waals surface area (Å²) in [5, 5.41) is 11.3. The van der Waals surface area contributed by atoms with Crippen LogP contribution in [0.2, 0.25) is 0 Å². The fourth-order valence-corrected chi connectivity index (χ4v) is 2.53. The highest BCUT2D eigenvalue weighted by Crippen LogP contribution is 2.40. The van der Waals surface area contributed by atoms with E-state index in [2.05, 4.69) is 0 Å². The molecule has 138 valence electrons. The molecule has 0 saturated heterocycles. The van der Waals surface area contributed by atoms with Crippen LogP contribution in [0.15, 0.2) is 72.8 Å². The fourth-order valence-electron chi connectivity index (χ4n) is 2.53. The Morgan fingerprint density at radius 3 is 1.70 bits per heavy atom. The van der Waals surface area contributed by atoms with Gasteiger partial charge in [-0.3, -0.25) is 10.1 Å². The van der Waals surface area contributed by atoms with Gasteiger partial charge in [0.2, 0.25) is 5.75 Å². The Hall–Kier alpha value is -3.54. The molecule has 0 spiro atoms. The lowest BCUT2D eigenvalue weighted by Crippen LogP contribution is -2.03. The van der Waals surface area contributed by atoms with Gasteiger partial charge in [0.25, 0.3) is 0 Å². The van der Waals surface area contributed by atoms with E-state index >= 15 is 0 Å². The number of rotatable bonds is 8. The van der Waals surface area contributed by atoms with E-state index in [1.54, 1.807) is 0 Å². The van der Waals surface area contributed by atoms with Gasteiger partial charge in [0.15, 0.2) is 11.5 Å². The Morgan fingerprint density at radius 1 is 0.778 bits per heavy atom. The van der Waals surface area contributed by atoms with E-state index in [1.165, 1.54) is 19.2 Å². The quantitative estimate of drug-likeness (QED) is 0.425. The summed E-state index contributed by atoms with van der Waals surface area (Å²) in [6, 6.07) is 22.0. The van der Waals surface area contributed by atoms with Crippen LogP contribution in [0.5, 0.6) is 17.2 Å². The van der Waals surface area contributed by atoms with Gasteiger partial charge >= 0.3 is 5.69 Å². The monoisotopic (exact) mass is 365 g/mol. The molecule has 0 amide bonds. The van der Waals surface area contributed by atoms with E-state index in [1.807, 2.05) is 60.7 Å². The highest BCUT2D eigenvalue weighted by Gasteiger charge is 2.21. The van der Waals surface area contributed by atoms with Gasteiger partial charge in [-0.25, -0.2) is 0 Å². The van der Waals surface area contributed by atoms with Gasteiger partial charge in [-0.05, 0) is 11.1 Å².